The van der Waals surface area contributed by atoms with Crippen molar-refractivity contribution in [2.24, 2.45) is 0 Å². The van der Waals surface area contributed by atoms with Crippen molar-refractivity contribution in [3.8, 4) is 67.5 Å². The normalized spacial score (nSPS) is 12.5. The number of thiophene rings is 1. The van der Waals surface area contributed by atoms with Crippen LogP contribution >= 0.6 is 11.3 Å². The largest absolute Gasteiger partial charge is 0.458 e. The van der Waals surface area contributed by atoms with Gasteiger partial charge in [0, 0.05) is 25.6 Å². The molecule has 11 rings (SSSR count). The van der Waals surface area contributed by atoms with Crippen molar-refractivity contribution in [3.63, 3.8) is 0 Å². The molecule has 0 saturated heterocycles. The molecular weight excluding hydrogens is 663 g/mol. The molecule has 0 aliphatic carbocycles. The molecule has 1 aromatic heterocycles. The lowest BCUT2D eigenvalue weighted by Gasteiger charge is -2.33. The van der Waals surface area contributed by atoms with E-state index in [0.29, 0.717) is 0 Å². The summed E-state index contributed by atoms with van der Waals surface area (Å²) in [6, 6.07) is 61.2. The Kier molecular flexibility index (Phi) is 6.77. The van der Waals surface area contributed by atoms with E-state index < -0.39 is 0 Å². The molecule has 248 valence electrons. The van der Waals surface area contributed by atoms with Gasteiger partial charge >= 0.3 is 0 Å². The molecule has 0 spiro atoms. The number of hydrogen-bond acceptors (Lipinski definition) is 3. The van der Waals surface area contributed by atoms with Gasteiger partial charge in [0.1, 0.15) is 23.0 Å². The van der Waals surface area contributed by atoms with Crippen molar-refractivity contribution in [1.29, 1.82) is 0 Å². The number of fused-ring (bicyclic) bond motifs is 7. The minimum atomic E-state index is 0.0710. The lowest BCUT2D eigenvalue weighted by atomic mass is 9.35. The van der Waals surface area contributed by atoms with E-state index in [1.807, 2.05) is 17.4 Å². The van der Waals surface area contributed by atoms with Crippen LogP contribution in [0.3, 0.4) is 0 Å². The predicted octanol–water partition coefficient (Wildman–Crippen LogP) is 11.8. The van der Waals surface area contributed by atoms with Crippen LogP contribution in [-0.2, 0) is 0 Å². The molecule has 0 bridgehead atoms. The van der Waals surface area contributed by atoms with Gasteiger partial charge in [-0.3, -0.25) is 0 Å². The summed E-state index contributed by atoms with van der Waals surface area (Å²) in [5.74, 6) is 3.54. The Morgan fingerprint density at radius 3 is 1.58 bits per heavy atom. The van der Waals surface area contributed by atoms with Gasteiger partial charge in [0.25, 0.3) is 6.71 Å². The van der Waals surface area contributed by atoms with E-state index in [0.717, 1.165) is 39.6 Å². The van der Waals surface area contributed by atoms with Crippen LogP contribution in [0.15, 0.2) is 170 Å². The van der Waals surface area contributed by atoms with E-state index in [-0.39, 0.29) is 6.71 Å². The monoisotopic (exact) mass is 694 g/mol. The van der Waals surface area contributed by atoms with Crippen molar-refractivity contribution >= 4 is 54.6 Å². The highest BCUT2D eigenvalue weighted by molar-refractivity contribution is 7.26. The first-order chi connectivity index (χ1) is 26.2. The zero-order valence-corrected chi connectivity index (χ0v) is 29.8. The zero-order valence-electron chi connectivity index (χ0n) is 29.0. The number of ether oxygens (including phenoxy) is 2. The maximum atomic E-state index is 6.64. The number of hydrogen-bond donors (Lipinski definition) is 0. The average Bonchev–Trinajstić information content (AvgIpc) is 3.60. The number of para-hydroxylation sites is 1. The van der Waals surface area contributed by atoms with Crippen LogP contribution in [0.25, 0.3) is 64.7 Å². The Hall–Kier alpha value is -6.36. The van der Waals surface area contributed by atoms with Crippen LogP contribution in [-0.4, -0.2) is 6.71 Å². The van der Waals surface area contributed by atoms with Crippen LogP contribution in [0.4, 0.5) is 0 Å². The van der Waals surface area contributed by atoms with E-state index in [1.54, 1.807) is 0 Å². The van der Waals surface area contributed by atoms with Gasteiger partial charge in [-0.1, -0.05) is 146 Å². The first-order valence-electron chi connectivity index (χ1n) is 18.1. The smallest absolute Gasteiger partial charge is 0.260 e. The Morgan fingerprint density at radius 2 is 0.925 bits per heavy atom. The second-order valence-corrected chi connectivity index (χ2v) is 15.1. The van der Waals surface area contributed by atoms with Crippen LogP contribution < -0.4 is 25.9 Å². The predicted molar refractivity (Wildman–Crippen MR) is 223 cm³/mol. The van der Waals surface area contributed by atoms with Gasteiger partial charge in [-0.2, -0.15) is 0 Å². The summed E-state index contributed by atoms with van der Waals surface area (Å²) in [7, 11) is 0. The Labute approximate surface area is 312 Å². The maximum Gasteiger partial charge on any atom is 0.260 e. The van der Waals surface area contributed by atoms with E-state index in [2.05, 4.69) is 171 Å². The molecule has 0 N–H and O–H groups in total. The summed E-state index contributed by atoms with van der Waals surface area (Å²) in [4.78, 5) is 0. The maximum absolute atomic E-state index is 6.64. The van der Waals surface area contributed by atoms with Crippen molar-refractivity contribution in [2.75, 3.05) is 0 Å². The minimum absolute atomic E-state index is 0.0710. The number of benzene rings is 8. The van der Waals surface area contributed by atoms with Crippen LogP contribution in [0.2, 0.25) is 0 Å². The minimum Gasteiger partial charge on any atom is -0.458 e. The third-order valence-electron chi connectivity index (χ3n) is 10.9. The molecule has 2 nitrogen and oxygen atoms in total. The molecule has 53 heavy (non-hydrogen) atoms. The van der Waals surface area contributed by atoms with Crippen molar-refractivity contribution in [3.05, 3.63) is 175 Å². The topological polar surface area (TPSA) is 18.5 Å². The summed E-state index contributed by atoms with van der Waals surface area (Å²) in [5, 5.41) is 2.59. The van der Waals surface area contributed by atoms with Crippen LogP contribution in [0.5, 0.6) is 23.0 Å². The summed E-state index contributed by atoms with van der Waals surface area (Å²) in [6.07, 6.45) is 0. The second-order valence-electron chi connectivity index (χ2n) is 14.1. The second kappa shape index (κ2) is 11.8. The molecule has 0 amide bonds. The standard InChI is InChI=1S/C49H31BO2S/c1-30-17-26-42-44(27-30)52-46-29-36(28-45-47(46)50(42)41-15-5-6-16-43(41)51-45)33-20-24-35(25-21-33)38-12-8-14-40-39-13-7-11-37(48(39)53-49(38)40)34-22-18-32(19-23-34)31-9-3-2-4-10-31/h2-29H,1H3. The summed E-state index contributed by atoms with van der Waals surface area (Å²) >= 11 is 1.89. The molecule has 0 radical (unpaired) electrons. The number of rotatable bonds is 4. The highest BCUT2D eigenvalue weighted by Gasteiger charge is 2.40. The van der Waals surface area contributed by atoms with Gasteiger partial charge < -0.3 is 9.47 Å². The lowest BCUT2D eigenvalue weighted by Crippen LogP contribution is -2.57. The Bertz CT molecular complexity index is 2890. The van der Waals surface area contributed by atoms with Gasteiger partial charge in [0.2, 0.25) is 0 Å². The van der Waals surface area contributed by atoms with E-state index in [4.69, 9.17) is 9.47 Å². The van der Waals surface area contributed by atoms with Gasteiger partial charge in [0.05, 0.1) is 0 Å². The Morgan fingerprint density at radius 1 is 0.396 bits per heavy atom. The summed E-state index contributed by atoms with van der Waals surface area (Å²) in [5.41, 5.74) is 14.3. The molecule has 8 aromatic carbocycles. The first-order valence-corrected chi connectivity index (χ1v) is 18.9. The molecular formula is C49H31BO2S. The van der Waals surface area contributed by atoms with E-state index in [9.17, 15) is 0 Å². The van der Waals surface area contributed by atoms with Crippen LogP contribution in [0.1, 0.15) is 5.56 Å². The third kappa shape index (κ3) is 4.87. The molecule has 3 heterocycles. The highest BCUT2D eigenvalue weighted by Crippen LogP contribution is 2.45. The van der Waals surface area contributed by atoms with Crippen LogP contribution in [0, 0.1) is 6.92 Å². The summed E-state index contributed by atoms with van der Waals surface area (Å²) < 4.78 is 15.9. The average molecular weight is 695 g/mol. The molecule has 0 fully saturated rings. The van der Waals surface area contributed by atoms with E-state index >= 15 is 0 Å². The SMILES string of the molecule is Cc1ccc2c(c1)Oc1cc(-c3ccc(-c4cccc5c4sc4c(-c6ccc(-c7ccccc7)cc6)cccc45)cc3)cc3c1B2c1ccccc1O3. The molecule has 2 aliphatic heterocycles. The zero-order chi connectivity index (χ0) is 35.0. The fourth-order valence-electron chi connectivity index (χ4n) is 8.31. The van der Waals surface area contributed by atoms with Crippen molar-refractivity contribution < 1.29 is 9.47 Å². The van der Waals surface area contributed by atoms with Gasteiger partial charge in [0.15, 0.2) is 0 Å². The molecule has 0 unspecified atom stereocenters. The fourth-order valence-corrected chi connectivity index (χ4v) is 9.68. The lowest BCUT2D eigenvalue weighted by molar-refractivity contribution is 0.464. The van der Waals surface area contributed by atoms with Crippen molar-refractivity contribution in [1.82, 2.24) is 0 Å². The number of aryl methyl sites for hydroxylation is 1. The molecule has 0 atom stereocenters. The molecule has 0 saturated carbocycles. The quantitative estimate of drug-likeness (QED) is 0.171. The van der Waals surface area contributed by atoms with Crippen molar-refractivity contribution in [2.45, 2.75) is 6.92 Å². The fraction of sp³-hybridized carbons (Fsp3) is 0.0204. The highest BCUT2D eigenvalue weighted by atomic mass is 32.1. The molecule has 4 heteroatoms. The van der Waals surface area contributed by atoms with Gasteiger partial charge in [-0.15, -0.1) is 11.3 Å². The summed E-state index contributed by atoms with van der Waals surface area (Å²) in [6.45, 7) is 2.19. The first kappa shape index (κ1) is 30.3. The third-order valence-corrected chi connectivity index (χ3v) is 12.2. The Balaban J connectivity index is 0.968. The molecule has 9 aromatic rings. The molecule has 2 aliphatic rings. The van der Waals surface area contributed by atoms with Gasteiger partial charge in [-0.25, -0.2) is 0 Å². The van der Waals surface area contributed by atoms with Gasteiger partial charge in [-0.05, 0) is 92.2 Å². The van der Waals surface area contributed by atoms with E-state index in [1.165, 1.54) is 70.0 Å².